The summed E-state index contributed by atoms with van der Waals surface area (Å²) in [5, 5.41) is 3.41. The van der Waals surface area contributed by atoms with Crippen molar-refractivity contribution in [2.45, 2.75) is 26.8 Å². The Hall–Kier alpha value is -1.06. The molecule has 0 aromatic heterocycles. The van der Waals surface area contributed by atoms with E-state index in [1.807, 2.05) is 12.1 Å². The molecule has 0 aliphatic heterocycles. The maximum Gasteiger partial charge on any atom is 0.118 e. The summed E-state index contributed by atoms with van der Waals surface area (Å²) in [7, 11) is 1.68. The highest BCUT2D eigenvalue weighted by molar-refractivity contribution is 5.26. The van der Waals surface area contributed by atoms with Gasteiger partial charge in [-0.05, 0) is 36.6 Å². The number of rotatable bonds is 9. The van der Waals surface area contributed by atoms with Crippen LogP contribution in [0.4, 0.5) is 0 Å². The molecule has 0 spiro atoms. The number of ether oxygens (including phenoxy) is 2. The molecule has 102 valence electrons. The molecule has 0 saturated carbocycles. The third kappa shape index (κ3) is 6.62. The topological polar surface area (TPSA) is 30.5 Å². The Kier molecular flexibility index (Phi) is 7.46. The summed E-state index contributed by atoms with van der Waals surface area (Å²) < 4.78 is 10.6. The summed E-state index contributed by atoms with van der Waals surface area (Å²) >= 11 is 0. The highest BCUT2D eigenvalue weighted by atomic mass is 16.5. The number of nitrogens with one attached hydrogen (secondary N) is 1. The van der Waals surface area contributed by atoms with Crippen LogP contribution in [0.15, 0.2) is 24.3 Å². The monoisotopic (exact) mass is 251 g/mol. The highest BCUT2D eigenvalue weighted by Gasteiger charge is 1.95. The fourth-order valence-electron chi connectivity index (χ4n) is 1.59. The molecule has 0 aliphatic rings. The fourth-order valence-corrected chi connectivity index (χ4v) is 1.59. The number of benzene rings is 1. The van der Waals surface area contributed by atoms with Crippen molar-refractivity contribution < 1.29 is 9.47 Å². The Bertz CT molecular complexity index is 309. The van der Waals surface area contributed by atoms with Crippen LogP contribution in [0.1, 0.15) is 25.8 Å². The predicted molar refractivity (Wildman–Crippen MR) is 75.0 cm³/mol. The minimum absolute atomic E-state index is 0.622. The van der Waals surface area contributed by atoms with Crippen LogP contribution in [0.2, 0.25) is 0 Å². The van der Waals surface area contributed by atoms with Crippen LogP contribution in [0.3, 0.4) is 0 Å². The molecular formula is C15H25NO2. The first-order chi connectivity index (χ1) is 8.72. The van der Waals surface area contributed by atoms with Crippen LogP contribution < -0.4 is 10.1 Å². The van der Waals surface area contributed by atoms with E-state index in [0.29, 0.717) is 5.92 Å². The molecule has 0 heterocycles. The van der Waals surface area contributed by atoms with E-state index in [1.54, 1.807) is 7.11 Å². The minimum atomic E-state index is 0.622. The quantitative estimate of drug-likeness (QED) is 0.685. The first-order valence-electron chi connectivity index (χ1n) is 6.63. The van der Waals surface area contributed by atoms with Crippen molar-refractivity contribution in [2.24, 2.45) is 5.92 Å². The maximum absolute atomic E-state index is 5.52. The second-order valence-corrected chi connectivity index (χ2v) is 4.85. The van der Waals surface area contributed by atoms with Crippen molar-refractivity contribution in [3.8, 4) is 5.75 Å². The van der Waals surface area contributed by atoms with E-state index in [4.69, 9.17) is 9.47 Å². The van der Waals surface area contributed by atoms with E-state index < -0.39 is 0 Å². The van der Waals surface area contributed by atoms with Crippen molar-refractivity contribution in [3.05, 3.63) is 29.8 Å². The summed E-state index contributed by atoms with van der Waals surface area (Å²) in [4.78, 5) is 0. The molecule has 1 aromatic carbocycles. The first-order valence-corrected chi connectivity index (χ1v) is 6.63. The summed E-state index contributed by atoms with van der Waals surface area (Å²) in [6.07, 6.45) is 1.06. The van der Waals surface area contributed by atoms with E-state index in [0.717, 1.165) is 38.5 Å². The molecule has 3 heteroatoms. The van der Waals surface area contributed by atoms with Crippen LogP contribution in [0.5, 0.6) is 5.75 Å². The lowest BCUT2D eigenvalue weighted by atomic mass is 10.2. The Morgan fingerprint density at radius 2 is 1.89 bits per heavy atom. The first kappa shape index (κ1) is 15.0. The molecule has 1 aromatic rings. The molecule has 0 fully saturated rings. The smallest absolute Gasteiger partial charge is 0.118 e. The van der Waals surface area contributed by atoms with Gasteiger partial charge in [-0.15, -0.1) is 0 Å². The zero-order valence-corrected chi connectivity index (χ0v) is 11.7. The van der Waals surface area contributed by atoms with Crippen molar-refractivity contribution >= 4 is 0 Å². The zero-order valence-electron chi connectivity index (χ0n) is 11.7. The number of hydrogen-bond donors (Lipinski definition) is 1. The van der Waals surface area contributed by atoms with Gasteiger partial charge in [0.25, 0.3) is 0 Å². The van der Waals surface area contributed by atoms with Crippen molar-refractivity contribution in [1.29, 1.82) is 0 Å². The molecule has 0 unspecified atom stereocenters. The lowest BCUT2D eigenvalue weighted by molar-refractivity contribution is 0.108. The van der Waals surface area contributed by atoms with Crippen molar-refractivity contribution in [2.75, 3.05) is 26.9 Å². The third-order valence-corrected chi connectivity index (χ3v) is 2.58. The van der Waals surface area contributed by atoms with Crippen LogP contribution >= 0.6 is 0 Å². The van der Waals surface area contributed by atoms with Gasteiger partial charge in [0.1, 0.15) is 5.75 Å². The average Bonchev–Trinajstić information content (AvgIpc) is 2.38. The lowest BCUT2D eigenvalue weighted by Crippen LogP contribution is -2.16. The molecule has 0 atom stereocenters. The van der Waals surface area contributed by atoms with Gasteiger partial charge in [-0.25, -0.2) is 0 Å². The van der Waals surface area contributed by atoms with E-state index in [9.17, 15) is 0 Å². The van der Waals surface area contributed by atoms with E-state index in [-0.39, 0.29) is 0 Å². The highest BCUT2D eigenvalue weighted by Crippen LogP contribution is 2.10. The fraction of sp³-hybridized carbons (Fsp3) is 0.600. The standard InChI is InChI=1S/C15H25NO2/c1-13(2)12-18-10-4-9-16-11-14-5-7-15(17-3)8-6-14/h5-8,13,16H,4,9-12H2,1-3H3. The largest absolute Gasteiger partial charge is 0.497 e. The molecule has 0 bridgehead atoms. The van der Waals surface area contributed by atoms with Gasteiger partial charge in [-0.3, -0.25) is 0 Å². The molecular weight excluding hydrogens is 226 g/mol. The Morgan fingerprint density at radius 1 is 1.17 bits per heavy atom. The van der Waals surface area contributed by atoms with Gasteiger partial charge < -0.3 is 14.8 Å². The van der Waals surface area contributed by atoms with E-state index in [1.165, 1.54) is 5.56 Å². The Balaban J connectivity index is 2.03. The van der Waals surface area contributed by atoms with E-state index >= 15 is 0 Å². The SMILES string of the molecule is COc1ccc(CNCCCOCC(C)C)cc1. The maximum atomic E-state index is 5.52. The molecule has 0 radical (unpaired) electrons. The molecule has 1 N–H and O–H groups in total. The van der Waals surface area contributed by atoms with Crippen LogP contribution in [-0.4, -0.2) is 26.9 Å². The number of methoxy groups -OCH3 is 1. The summed E-state index contributed by atoms with van der Waals surface area (Å²) in [6.45, 7) is 7.93. The molecule has 18 heavy (non-hydrogen) atoms. The Morgan fingerprint density at radius 3 is 2.50 bits per heavy atom. The normalized spacial score (nSPS) is 10.9. The van der Waals surface area contributed by atoms with Gasteiger partial charge in [0.05, 0.1) is 7.11 Å². The zero-order chi connectivity index (χ0) is 13.2. The summed E-state index contributed by atoms with van der Waals surface area (Å²) in [6, 6.07) is 8.15. The predicted octanol–water partition coefficient (Wildman–Crippen LogP) is 2.85. The summed E-state index contributed by atoms with van der Waals surface area (Å²) in [5.74, 6) is 1.53. The molecule has 0 amide bonds. The van der Waals surface area contributed by atoms with Gasteiger partial charge in [-0.2, -0.15) is 0 Å². The molecule has 3 nitrogen and oxygen atoms in total. The average molecular weight is 251 g/mol. The third-order valence-electron chi connectivity index (χ3n) is 2.58. The van der Waals surface area contributed by atoms with Crippen molar-refractivity contribution in [1.82, 2.24) is 5.32 Å². The van der Waals surface area contributed by atoms with Crippen LogP contribution in [0.25, 0.3) is 0 Å². The summed E-state index contributed by atoms with van der Waals surface area (Å²) in [5.41, 5.74) is 1.28. The lowest BCUT2D eigenvalue weighted by Gasteiger charge is -2.08. The second-order valence-electron chi connectivity index (χ2n) is 4.85. The minimum Gasteiger partial charge on any atom is -0.497 e. The molecule has 0 aliphatic carbocycles. The van der Waals surface area contributed by atoms with Gasteiger partial charge in [0.15, 0.2) is 0 Å². The van der Waals surface area contributed by atoms with Crippen LogP contribution in [0, 0.1) is 5.92 Å². The molecule has 0 saturated heterocycles. The van der Waals surface area contributed by atoms with E-state index in [2.05, 4.69) is 31.3 Å². The second kappa shape index (κ2) is 8.95. The van der Waals surface area contributed by atoms with Crippen molar-refractivity contribution in [3.63, 3.8) is 0 Å². The number of hydrogen-bond acceptors (Lipinski definition) is 3. The Labute approximate surface area is 110 Å². The van der Waals surface area contributed by atoms with Gasteiger partial charge in [-0.1, -0.05) is 26.0 Å². The van der Waals surface area contributed by atoms with Gasteiger partial charge >= 0.3 is 0 Å². The van der Waals surface area contributed by atoms with Gasteiger partial charge in [0.2, 0.25) is 0 Å². The van der Waals surface area contributed by atoms with Crippen LogP contribution in [-0.2, 0) is 11.3 Å². The van der Waals surface area contributed by atoms with Gasteiger partial charge in [0, 0.05) is 19.8 Å². The molecule has 1 rings (SSSR count).